The van der Waals surface area contributed by atoms with Gasteiger partial charge in [0.2, 0.25) is 5.91 Å². The molecule has 0 radical (unpaired) electrons. The number of aryl methyl sites for hydroxylation is 1. The number of hydrogen-bond acceptors (Lipinski definition) is 5. The first kappa shape index (κ1) is 19.9. The standard InChI is InChI=1S/C19H29N7O2/c1-5-14(6-2)17-9-16(28-23-17)11-21-19(20-3)25-7-8-26(18(27)13-25)15-10-22-24(4)12-15/h9-10,12,14H,5-8,11,13H2,1-4H3,(H,20,21). The van der Waals surface area contributed by atoms with E-state index in [0.29, 0.717) is 31.5 Å². The van der Waals surface area contributed by atoms with Gasteiger partial charge in [0.1, 0.15) is 6.54 Å². The number of guanidine groups is 1. The third-order valence-corrected chi connectivity index (χ3v) is 5.14. The van der Waals surface area contributed by atoms with E-state index in [1.807, 2.05) is 24.2 Å². The highest BCUT2D eigenvalue weighted by Gasteiger charge is 2.27. The first-order chi connectivity index (χ1) is 13.5. The summed E-state index contributed by atoms with van der Waals surface area (Å²) in [7, 11) is 3.56. The smallest absolute Gasteiger partial charge is 0.246 e. The fraction of sp³-hybridized carbons (Fsp3) is 0.579. The molecular weight excluding hydrogens is 358 g/mol. The molecule has 0 bridgehead atoms. The van der Waals surface area contributed by atoms with Crippen molar-refractivity contribution in [2.45, 2.75) is 39.2 Å². The Hall–Kier alpha value is -2.84. The maximum Gasteiger partial charge on any atom is 0.246 e. The Morgan fingerprint density at radius 2 is 2.14 bits per heavy atom. The van der Waals surface area contributed by atoms with Gasteiger partial charge in [0.15, 0.2) is 11.7 Å². The highest BCUT2D eigenvalue weighted by molar-refractivity contribution is 5.98. The summed E-state index contributed by atoms with van der Waals surface area (Å²) in [6.45, 7) is 6.35. The lowest BCUT2D eigenvalue weighted by atomic mass is 9.99. The van der Waals surface area contributed by atoms with Crippen LogP contribution in [0, 0.1) is 0 Å². The van der Waals surface area contributed by atoms with E-state index in [4.69, 9.17) is 4.52 Å². The van der Waals surface area contributed by atoms with Crippen LogP contribution in [0.5, 0.6) is 0 Å². The minimum Gasteiger partial charge on any atom is -0.359 e. The molecule has 1 saturated heterocycles. The Morgan fingerprint density at radius 1 is 1.36 bits per heavy atom. The highest BCUT2D eigenvalue weighted by Crippen LogP contribution is 2.22. The Labute approximate surface area is 165 Å². The minimum atomic E-state index is 0.0258. The number of carbonyl (C=O) groups excluding carboxylic acids is 1. The predicted molar refractivity (Wildman–Crippen MR) is 107 cm³/mol. The number of amides is 1. The fourth-order valence-corrected chi connectivity index (χ4v) is 3.48. The van der Waals surface area contributed by atoms with Gasteiger partial charge in [0.25, 0.3) is 0 Å². The summed E-state index contributed by atoms with van der Waals surface area (Å²) in [5.41, 5.74) is 1.82. The first-order valence-corrected chi connectivity index (χ1v) is 9.75. The molecule has 0 aromatic carbocycles. The largest absolute Gasteiger partial charge is 0.359 e. The van der Waals surface area contributed by atoms with Crippen molar-refractivity contribution in [2.75, 3.05) is 31.6 Å². The van der Waals surface area contributed by atoms with Crippen molar-refractivity contribution in [3.8, 4) is 0 Å². The van der Waals surface area contributed by atoms with Gasteiger partial charge in [-0.2, -0.15) is 5.10 Å². The molecule has 0 aliphatic carbocycles. The van der Waals surface area contributed by atoms with Crippen LogP contribution in [0.4, 0.5) is 5.69 Å². The van der Waals surface area contributed by atoms with Crippen molar-refractivity contribution in [2.24, 2.45) is 12.0 Å². The van der Waals surface area contributed by atoms with Crippen molar-refractivity contribution in [3.63, 3.8) is 0 Å². The van der Waals surface area contributed by atoms with Crippen LogP contribution >= 0.6 is 0 Å². The summed E-state index contributed by atoms with van der Waals surface area (Å²) >= 11 is 0. The first-order valence-electron chi connectivity index (χ1n) is 9.75. The van der Waals surface area contributed by atoms with Crippen LogP contribution in [0.1, 0.15) is 44.1 Å². The molecule has 28 heavy (non-hydrogen) atoms. The van der Waals surface area contributed by atoms with Crippen LogP contribution in [0.15, 0.2) is 28.0 Å². The second-order valence-corrected chi connectivity index (χ2v) is 6.97. The van der Waals surface area contributed by atoms with Crippen molar-refractivity contribution in [1.82, 2.24) is 25.2 Å². The second kappa shape index (κ2) is 8.90. The molecule has 1 fully saturated rings. The van der Waals surface area contributed by atoms with Gasteiger partial charge in [-0.05, 0) is 12.8 Å². The lowest BCUT2D eigenvalue weighted by Gasteiger charge is -2.35. The molecule has 0 spiro atoms. The number of aliphatic imine (C=N–C) groups is 1. The molecule has 1 aliphatic rings. The topological polar surface area (TPSA) is 91.8 Å². The van der Waals surface area contributed by atoms with Crippen molar-refractivity contribution in [1.29, 1.82) is 0 Å². The van der Waals surface area contributed by atoms with Crippen molar-refractivity contribution in [3.05, 3.63) is 29.9 Å². The van der Waals surface area contributed by atoms with E-state index in [1.165, 1.54) is 0 Å². The number of aromatic nitrogens is 3. The quantitative estimate of drug-likeness (QED) is 0.600. The summed E-state index contributed by atoms with van der Waals surface area (Å²) in [6.07, 6.45) is 5.64. The average molecular weight is 387 g/mol. The number of piperazine rings is 1. The molecule has 1 aliphatic heterocycles. The molecule has 2 aromatic heterocycles. The van der Waals surface area contributed by atoms with Gasteiger partial charge >= 0.3 is 0 Å². The van der Waals surface area contributed by atoms with E-state index < -0.39 is 0 Å². The number of nitrogens with one attached hydrogen (secondary N) is 1. The number of rotatable bonds is 6. The molecule has 0 atom stereocenters. The van der Waals surface area contributed by atoms with Crippen LogP contribution < -0.4 is 10.2 Å². The van der Waals surface area contributed by atoms with Gasteiger partial charge in [0.05, 0.1) is 24.1 Å². The molecule has 2 aromatic rings. The molecule has 3 rings (SSSR count). The zero-order chi connectivity index (χ0) is 20.1. The Kier molecular flexibility index (Phi) is 6.33. The van der Waals surface area contributed by atoms with E-state index in [-0.39, 0.29) is 12.5 Å². The van der Waals surface area contributed by atoms with Crippen LogP contribution in [0.2, 0.25) is 0 Å². The van der Waals surface area contributed by atoms with Crippen molar-refractivity contribution < 1.29 is 9.32 Å². The van der Waals surface area contributed by atoms with Gasteiger partial charge < -0.3 is 19.6 Å². The zero-order valence-corrected chi connectivity index (χ0v) is 17.1. The molecule has 0 saturated carbocycles. The van der Waals surface area contributed by atoms with Crippen LogP contribution in [-0.4, -0.2) is 58.4 Å². The molecule has 3 heterocycles. The Morgan fingerprint density at radius 3 is 2.75 bits per heavy atom. The molecular formula is C19H29N7O2. The number of carbonyl (C=O) groups is 1. The van der Waals surface area contributed by atoms with Gasteiger partial charge in [-0.25, -0.2) is 0 Å². The number of nitrogens with zero attached hydrogens (tertiary/aromatic N) is 6. The van der Waals surface area contributed by atoms with Crippen molar-refractivity contribution >= 4 is 17.6 Å². The van der Waals surface area contributed by atoms with E-state index in [1.54, 1.807) is 22.8 Å². The fourth-order valence-electron chi connectivity index (χ4n) is 3.48. The van der Waals surface area contributed by atoms with Gasteiger partial charge in [-0.15, -0.1) is 0 Å². The average Bonchev–Trinajstić information content (AvgIpc) is 3.33. The van der Waals surface area contributed by atoms with Crippen LogP contribution in [0.3, 0.4) is 0 Å². The van der Waals surface area contributed by atoms with Crippen LogP contribution in [-0.2, 0) is 18.4 Å². The molecule has 0 unspecified atom stereocenters. The highest BCUT2D eigenvalue weighted by atomic mass is 16.5. The minimum absolute atomic E-state index is 0.0258. The number of anilines is 1. The van der Waals surface area contributed by atoms with E-state index >= 15 is 0 Å². The van der Waals surface area contributed by atoms with E-state index in [0.717, 1.165) is 30.0 Å². The second-order valence-electron chi connectivity index (χ2n) is 6.97. The summed E-state index contributed by atoms with van der Waals surface area (Å²) in [5.74, 6) is 1.90. The lowest BCUT2D eigenvalue weighted by molar-refractivity contribution is -0.120. The molecule has 9 nitrogen and oxygen atoms in total. The summed E-state index contributed by atoms with van der Waals surface area (Å²) in [5, 5.41) is 11.6. The third kappa shape index (κ3) is 4.35. The lowest BCUT2D eigenvalue weighted by Crippen LogP contribution is -2.55. The summed E-state index contributed by atoms with van der Waals surface area (Å²) in [4.78, 5) is 20.6. The zero-order valence-electron chi connectivity index (χ0n) is 17.1. The van der Waals surface area contributed by atoms with E-state index in [2.05, 4.69) is 34.4 Å². The predicted octanol–water partition coefficient (Wildman–Crippen LogP) is 1.74. The van der Waals surface area contributed by atoms with Gasteiger partial charge in [-0.3, -0.25) is 14.5 Å². The summed E-state index contributed by atoms with van der Waals surface area (Å²) in [6, 6.07) is 2.00. The molecule has 1 N–H and O–H groups in total. The van der Waals surface area contributed by atoms with Gasteiger partial charge in [0, 0.05) is 45.4 Å². The monoisotopic (exact) mass is 387 g/mol. The number of hydrogen-bond donors (Lipinski definition) is 1. The maximum atomic E-state index is 12.6. The molecule has 9 heteroatoms. The molecule has 1 amide bonds. The van der Waals surface area contributed by atoms with Gasteiger partial charge in [-0.1, -0.05) is 19.0 Å². The summed E-state index contributed by atoms with van der Waals surface area (Å²) < 4.78 is 7.16. The third-order valence-electron chi connectivity index (χ3n) is 5.14. The Bertz CT molecular complexity index is 822. The molecule has 152 valence electrons. The SMILES string of the molecule is CCC(CC)c1cc(CNC(=NC)N2CCN(c3cnn(C)c3)C(=O)C2)on1. The van der Waals surface area contributed by atoms with Crippen LogP contribution in [0.25, 0.3) is 0 Å². The Balaban J connectivity index is 1.57. The maximum absolute atomic E-state index is 12.6. The van der Waals surface area contributed by atoms with E-state index in [9.17, 15) is 4.79 Å². The normalized spacial score (nSPS) is 15.6.